The first-order valence-corrected chi connectivity index (χ1v) is 9.79. The van der Waals surface area contributed by atoms with Crippen LogP contribution in [0.2, 0.25) is 0 Å². The number of nitrogens with zero attached hydrogens (tertiary/aromatic N) is 2. The maximum Gasteiger partial charge on any atom is 0.230 e. The van der Waals surface area contributed by atoms with Gasteiger partial charge in [-0.05, 0) is 30.9 Å². The van der Waals surface area contributed by atoms with Crippen LogP contribution in [0.3, 0.4) is 0 Å². The third-order valence-corrected chi connectivity index (χ3v) is 5.81. The summed E-state index contributed by atoms with van der Waals surface area (Å²) in [5.41, 5.74) is 0. The van der Waals surface area contributed by atoms with Crippen molar-refractivity contribution >= 4 is 23.6 Å². The molecular weight excluding hydrogens is 322 g/mol. The number of thioether (sulfide) groups is 1. The molecule has 2 aliphatic rings. The summed E-state index contributed by atoms with van der Waals surface area (Å²) in [7, 11) is 0. The van der Waals surface area contributed by atoms with E-state index in [2.05, 4.69) is 10.3 Å². The first kappa shape index (κ1) is 17.3. The zero-order valence-corrected chi connectivity index (χ0v) is 14.8. The Morgan fingerprint density at radius 3 is 2.75 bits per heavy atom. The van der Waals surface area contributed by atoms with Gasteiger partial charge >= 0.3 is 0 Å². The number of rotatable bonds is 6. The van der Waals surface area contributed by atoms with Crippen LogP contribution in [-0.2, 0) is 9.59 Å². The van der Waals surface area contributed by atoms with Crippen LogP contribution >= 0.6 is 11.8 Å². The van der Waals surface area contributed by atoms with Crippen LogP contribution in [-0.4, -0.2) is 46.6 Å². The number of hydrogen-bond acceptors (Lipinski definition) is 4. The Bertz CT molecular complexity index is 561. The van der Waals surface area contributed by atoms with Crippen molar-refractivity contribution in [2.45, 2.75) is 49.5 Å². The van der Waals surface area contributed by atoms with Crippen molar-refractivity contribution in [3.05, 3.63) is 24.5 Å². The number of carbonyl (C=O) groups excluding carboxylic acids is 2. The summed E-state index contributed by atoms with van der Waals surface area (Å²) in [5, 5.41) is 3.01. The SMILES string of the molecule is O=C(CSc1ccncc1)N[C@@H]1CC(=O)N(CC2CCCCC2)C1. The second kappa shape index (κ2) is 8.51. The van der Waals surface area contributed by atoms with Crippen LogP contribution in [0.25, 0.3) is 0 Å². The molecule has 1 aromatic rings. The summed E-state index contributed by atoms with van der Waals surface area (Å²) in [4.78, 5) is 31.2. The topological polar surface area (TPSA) is 62.3 Å². The number of likely N-dealkylation sites (tertiary alicyclic amines) is 1. The molecule has 1 saturated heterocycles. The zero-order valence-electron chi connectivity index (χ0n) is 13.9. The molecule has 0 bridgehead atoms. The summed E-state index contributed by atoms with van der Waals surface area (Å²) in [6.07, 6.45) is 10.3. The van der Waals surface area contributed by atoms with Gasteiger partial charge < -0.3 is 10.2 Å². The van der Waals surface area contributed by atoms with E-state index in [9.17, 15) is 9.59 Å². The van der Waals surface area contributed by atoms with Gasteiger partial charge in [0.15, 0.2) is 0 Å². The van der Waals surface area contributed by atoms with Gasteiger partial charge in [0, 0.05) is 36.8 Å². The molecule has 0 unspecified atom stereocenters. The lowest BCUT2D eigenvalue weighted by molar-refractivity contribution is -0.128. The van der Waals surface area contributed by atoms with E-state index in [1.807, 2.05) is 17.0 Å². The molecule has 2 heterocycles. The number of pyridine rings is 1. The van der Waals surface area contributed by atoms with Crippen molar-refractivity contribution in [1.29, 1.82) is 0 Å². The minimum absolute atomic E-state index is 0.00544. The highest BCUT2D eigenvalue weighted by atomic mass is 32.2. The second-order valence-electron chi connectivity index (χ2n) is 6.74. The lowest BCUT2D eigenvalue weighted by Gasteiger charge is -2.27. The Labute approximate surface area is 147 Å². The van der Waals surface area contributed by atoms with Gasteiger partial charge in [-0.15, -0.1) is 11.8 Å². The van der Waals surface area contributed by atoms with E-state index in [-0.39, 0.29) is 17.9 Å². The Kier molecular flexibility index (Phi) is 6.12. The first-order valence-electron chi connectivity index (χ1n) is 8.80. The highest BCUT2D eigenvalue weighted by Crippen LogP contribution is 2.26. The van der Waals surface area contributed by atoms with Gasteiger partial charge in [-0.1, -0.05) is 19.3 Å². The molecule has 1 atom stereocenters. The first-order chi connectivity index (χ1) is 11.7. The standard InChI is InChI=1S/C18H25N3O2S/c22-17(13-24-16-6-8-19-9-7-16)20-15-10-18(23)21(12-15)11-14-4-2-1-3-5-14/h6-9,14-15H,1-5,10-13H2,(H,20,22)/t15-/m1/s1. The summed E-state index contributed by atoms with van der Waals surface area (Å²) in [6, 6.07) is 3.75. The number of amides is 2. The molecule has 2 amide bonds. The molecule has 1 N–H and O–H groups in total. The molecule has 0 spiro atoms. The third kappa shape index (κ3) is 4.97. The molecule has 0 aromatic carbocycles. The van der Waals surface area contributed by atoms with E-state index in [0.29, 0.717) is 24.6 Å². The fraction of sp³-hybridized carbons (Fsp3) is 0.611. The summed E-state index contributed by atoms with van der Waals surface area (Å²) >= 11 is 1.49. The van der Waals surface area contributed by atoms with Crippen LogP contribution in [0.1, 0.15) is 38.5 Å². The molecule has 5 nitrogen and oxygen atoms in total. The maximum absolute atomic E-state index is 12.2. The van der Waals surface area contributed by atoms with Crippen LogP contribution in [0.5, 0.6) is 0 Å². The van der Waals surface area contributed by atoms with E-state index < -0.39 is 0 Å². The number of nitrogens with one attached hydrogen (secondary N) is 1. The van der Waals surface area contributed by atoms with Crippen molar-refractivity contribution in [2.24, 2.45) is 5.92 Å². The minimum atomic E-state index is -0.0355. The molecule has 130 valence electrons. The Hall–Kier alpha value is -1.56. The van der Waals surface area contributed by atoms with Gasteiger partial charge in [0.25, 0.3) is 0 Å². The molecule has 3 rings (SSSR count). The lowest BCUT2D eigenvalue weighted by atomic mass is 9.89. The number of carbonyl (C=O) groups is 2. The highest BCUT2D eigenvalue weighted by Gasteiger charge is 2.32. The average Bonchev–Trinajstić information content (AvgIpc) is 2.94. The fourth-order valence-corrected chi connectivity index (χ4v) is 4.27. The summed E-state index contributed by atoms with van der Waals surface area (Å²) in [5.74, 6) is 1.21. The average molecular weight is 347 g/mol. The second-order valence-corrected chi connectivity index (χ2v) is 7.79. The van der Waals surface area contributed by atoms with E-state index in [1.165, 1.54) is 43.9 Å². The van der Waals surface area contributed by atoms with Crippen molar-refractivity contribution in [3.8, 4) is 0 Å². The zero-order chi connectivity index (χ0) is 16.8. The van der Waals surface area contributed by atoms with Crippen molar-refractivity contribution in [3.63, 3.8) is 0 Å². The monoisotopic (exact) mass is 347 g/mol. The van der Waals surface area contributed by atoms with Gasteiger partial charge in [-0.25, -0.2) is 0 Å². The number of hydrogen-bond donors (Lipinski definition) is 1. The Morgan fingerprint density at radius 1 is 1.25 bits per heavy atom. The normalized spacial score (nSPS) is 21.9. The molecule has 2 fully saturated rings. The van der Waals surface area contributed by atoms with Crippen molar-refractivity contribution < 1.29 is 9.59 Å². The van der Waals surface area contributed by atoms with Crippen LogP contribution in [0.4, 0.5) is 0 Å². The van der Waals surface area contributed by atoms with E-state index >= 15 is 0 Å². The van der Waals surface area contributed by atoms with E-state index in [1.54, 1.807) is 12.4 Å². The van der Waals surface area contributed by atoms with Crippen LogP contribution in [0, 0.1) is 5.92 Å². The number of aromatic nitrogens is 1. The van der Waals surface area contributed by atoms with Gasteiger partial charge in [0.1, 0.15) is 0 Å². The Balaban J connectivity index is 1.41. The van der Waals surface area contributed by atoms with E-state index in [0.717, 1.165) is 11.4 Å². The van der Waals surface area contributed by atoms with Crippen LogP contribution in [0.15, 0.2) is 29.4 Å². The smallest absolute Gasteiger partial charge is 0.230 e. The summed E-state index contributed by atoms with van der Waals surface area (Å²) < 4.78 is 0. The summed E-state index contributed by atoms with van der Waals surface area (Å²) in [6.45, 7) is 1.54. The molecule has 1 saturated carbocycles. The fourth-order valence-electron chi connectivity index (χ4n) is 3.58. The molecule has 0 radical (unpaired) electrons. The molecule has 1 aliphatic heterocycles. The predicted molar refractivity (Wildman–Crippen MR) is 94.7 cm³/mol. The largest absolute Gasteiger partial charge is 0.350 e. The highest BCUT2D eigenvalue weighted by molar-refractivity contribution is 8.00. The third-order valence-electron chi connectivity index (χ3n) is 4.80. The Morgan fingerprint density at radius 2 is 2.00 bits per heavy atom. The van der Waals surface area contributed by atoms with Crippen molar-refractivity contribution in [1.82, 2.24) is 15.2 Å². The lowest BCUT2D eigenvalue weighted by Crippen LogP contribution is -2.39. The quantitative estimate of drug-likeness (QED) is 0.803. The van der Waals surface area contributed by atoms with Gasteiger partial charge in [-0.3, -0.25) is 14.6 Å². The molecule has 1 aliphatic carbocycles. The van der Waals surface area contributed by atoms with Gasteiger partial charge in [-0.2, -0.15) is 0 Å². The van der Waals surface area contributed by atoms with Gasteiger partial charge in [0.05, 0.1) is 11.8 Å². The van der Waals surface area contributed by atoms with Crippen LogP contribution < -0.4 is 5.32 Å². The van der Waals surface area contributed by atoms with Gasteiger partial charge in [0.2, 0.25) is 11.8 Å². The molecule has 6 heteroatoms. The maximum atomic E-state index is 12.2. The van der Waals surface area contributed by atoms with Crippen molar-refractivity contribution in [2.75, 3.05) is 18.8 Å². The molecule has 1 aromatic heterocycles. The molecular formula is C18H25N3O2S. The minimum Gasteiger partial charge on any atom is -0.350 e. The van der Waals surface area contributed by atoms with E-state index in [4.69, 9.17) is 0 Å². The molecule has 24 heavy (non-hydrogen) atoms. The predicted octanol–water partition coefficient (Wildman–Crippen LogP) is 2.47.